The average molecular weight is 358 g/mol. The van der Waals surface area contributed by atoms with E-state index in [9.17, 15) is 18.5 Å². The molecule has 0 bridgehead atoms. The van der Waals surface area contributed by atoms with Crippen molar-refractivity contribution in [1.82, 2.24) is 4.31 Å². The Hall–Kier alpha value is -1.75. The SMILES string of the molecule is COc1cc([N+](=O)[O-])ccc1S(=O)(=O)N1CCCC2(C1)OCCO2. The van der Waals surface area contributed by atoms with Gasteiger partial charge in [0.2, 0.25) is 10.0 Å². The molecule has 1 aromatic rings. The molecule has 132 valence electrons. The van der Waals surface area contributed by atoms with E-state index in [1.54, 1.807) is 0 Å². The van der Waals surface area contributed by atoms with E-state index in [1.165, 1.54) is 17.5 Å². The monoisotopic (exact) mass is 358 g/mol. The van der Waals surface area contributed by atoms with Gasteiger partial charge in [0.15, 0.2) is 5.79 Å². The van der Waals surface area contributed by atoms with Crippen molar-refractivity contribution in [3.63, 3.8) is 0 Å². The van der Waals surface area contributed by atoms with Crippen LogP contribution in [0.25, 0.3) is 0 Å². The first-order chi connectivity index (χ1) is 11.4. The molecule has 0 aromatic heterocycles. The summed E-state index contributed by atoms with van der Waals surface area (Å²) in [5.74, 6) is -0.948. The first kappa shape index (κ1) is 17.1. The highest BCUT2D eigenvalue weighted by atomic mass is 32.2. The van der Waals surface area contributed by atoms with Crippen LogP contribution >= 0.6 is 0 Å². The number of nitrogens with zero attached hydrogens (tertiary/aromatic N) is 2. The number of rotatable bonds is 4. The third-order valence-corrected chi connectivity index (χ3v) is 6.06. The Bertz CT molecular complexity index is 743. The number of nitro benzene ring substituents is 1. The maximum absolute atomic E-state index is 13.0. The van der Waals surface area contributed by atoms with Gasteiger partial charge in [0, 0.05) is 19.0 Å². The molecule has 0 N–H and O–H groups in total. The van der Waals surface area contributed by atoms with Gasteiger partial charge >= 0.3 is 0 Å². The number of non-ortho nitro benzene ring substituents is 1. The second kappa shape index (κ2) is 6.28. The maximum atomic E-state index is 13.0. The Morgan fingerprint density at radius 3 is 2.67 bits per heavy atom. The number of methoxy groups -OCH3 is 1. The zero-order chi connectivity index (χ0) is 17.4. The molecule has 1 spiro atoms. The van der Waals surface area contributed by atoms with Gasteiger partial charge in [-0.2, -0.15) is 4.31 Å². The van der Waals surface area contributed by atoms with Gasteiger partial charge in [-0.3, -0.25) is 10.1 Å². The molecule has 24 heavy (non-hydrogen) atoms. The number of ether oxygens (including phenoxy) is 3. The Morgan fingerprint density at radius 2 is 2.04 bits per heavy atom. The zero-order valence-electron chi connectivity index (χ0n) is 13.1. The van der Waals surface area contributed by atoms with Crippen molar-refractivity contribution in [2.75, 3.05) is 33.4 Å². The molecule has 3 rings (SSSR count). The van der Waals surface area contributed by atoms with Crippen LogP contribution in [0.15, 0.2) is 23.1 Å². The molecule has 0 amide bonds. The fraction of sp³-hybridized carbons (Fsp3) is 0.571. The van der Waals surface area contributed by atoms with Crippen molar-refractivity contribution in [2.45, 2.75) is 23.5 Å². The molecular weight excluding hydrogens is 340 g/mol. The third kappa shape index (κ3) is 2.97. The molecule has 2 aliphatic rings. The van der Waals surface area contributed by atoms with E-state index >= 15 is 0 Å². The van der Waals surface area contributed by atoms with Crippen molar-refractivity contribution >= 4 is 15.7 Å². The molecule has 1 aromatic carbocycles. The molecule has 9 nitrogen and oxygen atoms in total. The Balaban J connectivity index is 1.94. The molecule has 0 atom stereocenters. The Labute approximate surface area is 139 Å². The summed E-state index contributed by atoms with van der Waals surface area (Å²) in [5.41, 5.74) is -0.233. The quantitative estimate of drug-likeness (QED) is 0.586. The Morgan fingerprint density at radius 1 is 1.33 bits per heavy atom. The molecular formula is C14H18N2O7S. The Kier molecular flexibility index (Phi) is 4.47. The van der Waals surface area contributed by atoms with E-state index in [0.29, 0.717) is 32.6 Å². The van der Waals surface area contributed by atoms with Crippen LogP contribution in [0.3, 0.4) is 0 Å². The molecule has 0 saturated carbocycles. The predicted octanol–water partition coefficient (Wildman–Crippen LogP) is 1.13. The molecule has 0 aliphatic carbocycles. The highest BCUT2D eigenvalue weighted by Crippen LogP contribution is 2.36. The van der Waals surface area contributed by atoms with E-state index in [0.717, 1.165) is 12.1 Å². The first-order valence-electron chi connectivity index (χ1n) is 7.48. The normalized spacial score (nSPS) is 21.0. The summed E-state index contributed by atoms with van der Waals surface area (Å²) in [5, 5.41) is 10.9. The molecule has 10 heteroatoms. The lowest BCUT2D eigenvalue weighted by Gasteiger charge is -2.37. The summed E-state index contributed by atoms with van der Waals surface area (Å²) in [4.78, 5) is 10.2. The number of nitro groups is 1. The van der Waals surface area contributed by atoms with Crippen molar-refractivity contribution < 1.29 is 27.6 Å². The second-order valence-corrected chi connectivity index (χ2v) is 7.55. The van der Waals surface area contributed by atoms with E-state index in [2.05, 4.69) is 0 Å². The van der Waals surface area contributed by atoms with Crippen LogP contribution in [0.1, 0.15) is 12.8 Å². The lowest BCUT2D eigenvalue weighted by molar-refractivity contribution is -0.385. The summed E-state index contributed by atoms with van der Waals surface area (Å²) in [6.07, 6.45) is 1.24. The van der Waals surface area contributed by atoms with Crippen molar-refractivity contribution in [3.8, 4) is 5.75 Å². The molecule has 0 unspecified atom stereocenters. The third-order valence-electron chi connectivity index (χ3n) is 4.17. The standard InChI is InChI=1S/C14H18N2O7S/c1-21-12-9-11(16(17)18)3-4-13(12)24(19,20)15-6-2-5-14(10-15)22-7-8-23-14/h3-4,9H,2,5-8,10H2,1H3. The van der Waals surface area contributed by atoms with Crippen LogP contribution in [0.2, 0.25) is 0 Å². The minimum absolute atomic E-state index is 0.0583. The van der Waals surface area contributed by atoms with Gasteiger partial charge in [-0.15, -0.1) is 0 Å². The summed E-state index contributed by atoms with van der Waals surface area (Å²) >= 11 is 0. The number of hydrogen-bond donors (Lipinski definition) is 0. The van der Waals surface area contributed by atoms with Crippen LogP contribution in [0.4, 0.5) is 5.69 Å². The number of sulfonamides is 1. The van der Waals surface area contributed by atoms with Gasteiger partial charge < -0.3 is 14.2 Å². The molecule has 0 radical (unpaired) electrons. The average Bonchev–Trinajstić information content (AvgIpc) is 3.01. The van der Waals surface area contributed by atoms with Gasteiger partial charge in [-0.25, -0.2) is 8.42 Å². The summed E-state index contributed by atoms with van der Waals surface area (Å²) in [6.45, 7) is 1.30. The highest BCUT2D eigenvalue weighted by molar-refractivity contribution is 7.89. The van der Waals surface area contributed by atoms with Crippen molar-refractivity contribution in [2.24, 2.45) is 0 Å². The molecule has 2 heterocycles. The van der Waals surface area contributed by atoms with Crippen LogP contribution in [0.5, 0.6) is 5.75 Å². The van der Waals surface area contributed by atoms with Crippen LogP contribution in [-0.2, 0) is 19.5 Å². The van der Waals surface area contributed by atoms with Gasteiger partial charge in [0.25, 0.3) is 5.69 Å². The highest BCUT2D eigenvalue weighted by Gasteiger charge is 2.45. The van der Waals surface area contributed by atoms with Gasteiger partial charge in [-0.1, -0.05) is 0 Å². The minimum Gasteiger partial charge on any atom is -0.495 e. The first-order valence-corrected chi connectivity index (χ1v) is 8.92. The number of benzene rings is 1. The van der Waals surface area contributed by atoms with Gasteiger partial charge in [0.05, 0.1) is 37.9 Å². The topological polar surface area (TPSA) is 108 Å². The van der Waals surface area contributed by atoms with E-state index in [1.807, 2.05) is 0 Å². The van der Waals surface area contributed by atoms with Crippen molar-refractivity contribution in [1.29, 1.82) is 0 Å². The van der Waals surface area contributed by atoms with Crippen LogP contribution in [-0.4, -0.2) is 56.8 Å². The predicted molar refractivity (Wildman–Crippen MR) is 82.3 cm³/mol. The lowest BCUT2D eigenvalue weighted by atomic mass is 10.1. The van der Waals surface area contributed by atoms with E-state index < -0.39 is 20.7 Å². The largest absolute Gasteiger partial charge is 0.495 e. The second-order valence-electron chi connectivity index (χ2n) is 5.64. The minimum atomic E-state index is -3.88. The molecule has 2 fully saturated rings. The fourth-order valence-corrected chi connectivity index (χ4v) is 4.66. The summed E-state index contributed by atoms with van der Waals surface area (Å²) in [6, 6.07) is 3.46. The van der Waals surface area contributed by atoms with Crippen LogP contribution in [0, 0.1) is 10.1 Å². The number of hydrogen-bond acceptors (Lipinski definition) is 7. The summed E-state index contributed by atoms with van der Waals surface area (Å²) < 4.78 is 43.4. The van der Waals surface area contributed by atoms with Gasteiger partial charge in [0.1, 0.15) is 10.6 Å². The fourth-order valence-electron chi connectivity index (χ4n) is 3.01. The maximum Gasteiger partial charge on any atom is 0.273 e. The molecule has 2 saturated heterocycles. The summed E-state index contributed by atoms with van der Waals surface area (Å²) in [7, 11) is -2.61. The van der Waals surface area contributed by atoms with Gasteiger partial charge in [-0.05, 0) is 12.5 Å². The lowest BCUT2D eigenvalue weighted by Crippen LogP contribution is -2.50. The van der Waals surface area contributed by atoms with E-state index in [4.69, 9.17) is 14.2 Å². The number of piperidine rings is 1. The zero-order valence-corrected chi connectivity index (χ0v) is 14.0. The smallest absolute Gasteiger partial charge is 0.273 e. The van der Waals surface area contributed by atoms with Crippen molar-refractivity contribution in [3.05, 3.63) is 28.3 Å². The van der Waals surface area contributed by atoms with E-state index in [-0.39, 0.29) is 22.9 Å². The molecule has 2 aliphatic heterocycles. The van der Waals surface area contributed by atoms with Crippen LogP contribution < -0.4 is 4.74 Å².